The minimum atomic E-state index is -0.979. The average molecular weight is 724 g/mol. The van der Waals surface area contributed by atoms with Gasteiger partial charge in [0.2, 0.25) is 11.8 Å². The molecule has 0 radical (unpaired) electrons. The summed E-state index contributed by atoms with van der Waals surface area (Å²) < 4.78 is 28.3. The number of halogens is 2. The summed E-state index contributed by atoms with van der Waals surface area (Å²) in [5.74, 6) is -1.03. The van der Waals surface area contributed by atoms with Crippen LogP contribution in [-0.2, 0) is 26.3 Å². The zero-order valence-electron chi connectivity index (χ0n) is 30.1. The molecule has 3 aliphatic rings. The minimum absolute atomic E-state index is 0.00393. The number of benzene rings is 2. The smallest absolute Gasteiger partial charge is 0.306 e. The number of fused-ring (bicyclic) bond motifs is 1. The maximum Gasteiger partial charge on any atom is 0.306 e. The van der Waals surface area contributed by atoms with Crippen molar-refractivity contribution in [1.29, 1.82) is 0 Å². The second-order valence-electron chi connectivity index (χ2n) is 15.3. The number of ether oxygens (including phenoxy) is 2. The Hall–Kier alpha value is -3.63. The van der Waals surface area contributed by atoms with Crippen molar-refractivity contribution in [3.63, 3.8) is 0 Å². The molecule has 11 heteroatoms. The number of amides is 2. The topological polar surface area (TPSA) is 110 Å². The molecule has 1 saturated heterocycles. The molecule has 1 aliphatic heterocycles. The van der Waals surface area contributed by atoms with Crippen molar-refractivity contribution in [2.75, 3.05) is 20.2 Å². The number of piperidine rings is 1. The Balaban J connectivity index is 1.24. The molecule has 2 amide bonds. The molecule has 6 rings (SSSR count). The summed E-state index contributed by atoms with van der Waals surface area (Å²) in [6, 6.07) is 11.5. The largest absolute Gasteiger partial charge is 0.482 e. The Kier molecular flexibility index (Phi) is 11.3. The summed E-state index contributed by atoms with van der Waals surface area (Å²) in [5.41, 5.74) is 1.08. The number of hydrogen-bond donors (Lipinski definition) is 2. The lowest BCUT2D eigenvalue weighted by Crippen LogP contribution is -2.56. The van der Waals surface area contributed by atoms with Crippen LogP contribution < -0.4 is 10.1 Å². The van der Waals surface area contributed by atoms with Gasteiger partial charge in [-0.05, 0) is 119 Å². The molecular weight excluding hydrogens is 673 g/mol. The van der Waals surface area contributed by atoms with Crippen LogP contribution in [0.1, 0.15) is 94.5 Å². The zero-order chi connectivity index (χ0) is 36.4. The summed E-state index contributed by atoms with van der Waals surface area (Å²) in [6.07, 6.45) is 6.81. The number of carboxylic acids is 1. The fourth-order valence-corrected chi connectivity index (χ4v) is 8.98. The summed E-state index contributed by atoms with van der Waals surface area (Å²) in [6.45, 7) is 7.45. The molecule has 0 unspecified atom stereocenters. The van der Waals surface area contributed by atoms with Gasteiger partial charge < -0.3 is 29.4 Å². The van der Waals surface area contributed by atoms with E-state index in [-0.39, 0.29) is 41.8 Å². The molecule has 51 heavy (non-hydrogen) atoms. The highest BCUT2D eigenvalue weighted by atomic mass is 35.5. The fourth-order valence-electron chi connectivity index (χ4n) is 8.80. The van der Waals surface area contributed by atoms with E-state index >= 15 is 0 Å². The Bertz CT molecular complexity index is 1730. The molecule has 2 aliphatic carbocycles. The first kappa shape index (κ1) is 37.1. The molecule has 9 nitrogen and oxygen atoms in total. The number of rotatable bonds is 10. The maximum atomic E-state index is 14.5. The van der Waals surface area contributed by atoms with Crippen molar-refractivity contribution in [2.45, 2.75) is 109 Å². The quantitative estimate of drug-likeness (QED) is 0.223. The number of hydrogen-bond acceptors (Lipinski definition) is 5. The Morgan fingerprint density at radius 1 is 1.02 bits per heavy atom. The van der Waals surface area contributed by atoms with Crippen molar-refractivity contribution >= 4 is 40.3 Å². The lowest BCUT2D eigenvalue weighted by atomic mass is 9.71. The number of nitrogens with zero attached hydrogens (tertiary/aromatic N) is 2. The van der Waals surface area contributed by atoms with Gasteiger partial charge in [0.25, 0.3) is 5.91 Å². The van der Waals surface area contributed by atoms with Gasteiger partial charge >= 0.3 is 5.97 Å². The molecule has 0 spiro atoms. The van der Waals surface area contributed by atoms with E-state index in [4.69, 9.17) is 21.1 Å². The van der Waals surface area contributed by atoms with E-state index in [1.54, 1.807) is 24.1 Å². The van der Waals surface area contributed by atoms with Crippen LogP contribution in [0.2, 0.25) is 5.02 Å². The number of likely N-dealkylation sites (tertiary alicyclic amines) is 1. The maximum absolute atomic E-state index is 14.5. The van der Waals surface area contributed by atoms with E-state index in [2.05, 4.69) is 23.7 Å². The minimum Gasteiger partial charge on any atom is -0.482 e. The highest BCUT2D eigenvalue weighted by molar-refractivity contribution is 6.31. The van der Waals surface area contributed by atoms with Crippen LogP contribution in [-0.4, -0.2) is 70.8 Å². The molecule has 2 saturated carbocycles. The van der Waals surface area contributed by atoms with Crippen LogP contribution in [0.25, 0.3) is 10.9 Å². The Morgan fingerprint density at radius 3 is 2.31 bits per heavy atom. The zero-order valence-corrected chi connectivity index (χ0v) is 30.9. The molecular formula is C40H51ClFN3O6. The highest BCUT2D eigenvalue weighted by Gasteiger charge is 2.46. The number of aromatic nitrogens is 1. The number of aliphatic carboxylic acids is 1. The van der Waals surface area contributed by atoms with Gasteiger partial charge in [0, 0.05) is 36.1 Å². The molecule has 2 N–H and O–H groups in total. The Labute approximate surface area is 304 Å². The standard InChI is InChI=1S/C40H51ClFN3O6/c1-24(2)51-31-13-5-26(6-14-31)23-45-34-16-10-29(41)22-32(34)35(37(45)50-4)36(46)44-19-17-40(18-20-44,28-8-11-30(42)12-9-28)39(49)43-33-15-7-27(38(47)48)21-25(33)3/h8-12,16,22,24-27,31,33H,5-7,13-15,17-21,23H2,1-4H3,(H,43,49)(H,47,48)/t25-,26?,27-,31?,33-/m0/s1. The predicted octanol–water partition coefficient (Wildman–Crippen LogP) is 7.61. The van der Waals surface area contributed by atoms with Gasteiger partial charge in [-0.1, -0.05) is 30.7 Å². The van der Waals surface area contributed by atoms with Gasteiger partial charge in [-0.2, -0.15) is 0 Å². The first-order valence-electron chi connectivity index (χ1n) is 18.5. The second kappa shape index (κ2) is 15.5. The summed E-state index contributed by atoms with van der Waals surface area (Å²) in [5, 5.41) is 14.1. The molecule has 276 valence electrons. The van der Waals surface area contributed by atoms with Crippen LogP contribution in [0.4, 0.5) is 4.39 Å². The van der Waals surface area contributed by atoms with Gasteiger partial charge in [0.05, 0.1) is 36.2 Å². The number of nitrogens with one attached hydrogen (secondary N) is 1. The molecule has 0 bridgehead atoms. The summed E-state index contributed by atoms with van der Waals surface area (Å²) in [4.78, 5) is 42.2. The first-order valence-corrected chi connectivity index (χ1v) is 18.9. The molecule has 3 fully saturated rings. The van der Waals surface area contributed by atoms with Crippen molar-refractivity contribution in [3.8, 4) is 5.88 Å². The van der Waals surface area contributed by atoms with Gasteiger partial charge in [0.1, 0.15) is 11.4 Å². The van der Waals surface area contributed by atoms with Crippen LogP contribution in [0.3, 0.4) is 0 Å². The van der Waals surface area contributed by atoms with Crippen LogP contribution >= 0.6 is 11.6 Å². The number of methoxy groups -OCH3 is 1. The first-order chi connectivity index (χ1) is 24.4. The van der Waals surface area contributed by atoms with Crippen LogP contribution in [0.15, 0.2) is 42.5 Å². The number of carbonyl (C=O) groups is 3. The molecule has 2 aromatic carbocycles. The normalized spacial score (nSPS) is 25.2. The van der Waals surface area contributed by atoms with Crippen molar-refractivity contribution in [1.82, 2.24) is 14.8 Å². The number of carbonyl (C=O) groups excluding carboxylic acids is 2. The number of carboxylic acid groups (broad SMARTS) is 1. The van der Waals surface area contributed by atoms with Crippen molar-refractivity contribution in [3.05, 3.63) is 64.4 Å². The van der Waals surface area contributed by atoms with E-state index in [1.807, 2.05) is 25.1 Å². The lowest BCUT2D eigenvalue weighted by Gasteiger charge is -2.43. The van der Waals surface area contributed by atoms with Crippen molar-refractivity contribution < 1.29 is 33.4 Å². The van der Waals surface area contributed by atoms with E-state index in [0.29, 0.717) is 79.7 Å². The third kappa shape index (κ3) is 7.77. The van der Waals surface area contributed by atoms with Crippen LogP contribution in [0, 0.1) is 23.6 Å². The monoisotopic (exact) mass is 723 g/mol. The summed E-state index contributed by atoms with van der Waals surface area (Å²) in [7, 11) is 1.60. The van der Waals surface area contributed by atoms with Gasteiger partial charge in [-0.25, -0.2) is 4.39 Å². The van der Waals surface area contributed by atoms with Crippen LogP contribution in [0.5, 0.6) is 5.88 Å². The van der Waals surface area contributed by atoms with E-state index < -0.39 is 17.3 Å². The SMILES string of the molecule is COc1c(C(=O)N2CCC(C(=O)N[C@H]3CC[C@H](C(=O)O)C[C@@H]3C)(c3ccc(F)cc3)CC2)c2cc(Cl)ccc2n1CC1CCC(OC(C)C)CC1. The van der Waals surface area contributed by atoms with Crippen molar-refractivity contribution in [2.24, 2.45) is 17.8 Å². The molecule has 2 heterocycles. The molecule has 3 aromatic rings. The van der Waals surface area contributed by atoms with E-state index in [1.165, 1.54) is 12.1 Å². The molecule has 3 atom stereocenters. The fraction of sp³-hybridized carbons (Fsp3) is 0.575. The van der Waals surface area contributed by atoms with Gasteiger partial charge in [-0.3, -0.25) is 14.4 Å². The lowest BCUT2D eigenvalue weighted by molar-refractivity contribution is -0.143. The third-order valence-corrected chi connectivity index (χ3v) is 11.9. The predicted molar refractivity (Wildman–Crippen MR) is 195 cm³/mol. The highest BCUT2D eigenvalue weighted by Crippen LogP contribution is 2.41. The summed E-state index contributed by atoms with van der Waals surface area (Å²) >= 11 is 6.51. The Morgan fingerprint density at radius 2 is 1.71 bits per heavy atom. The third-order valence-electron chi connectivity index (χ3n) is 11.7. The van der Waals surface area contributed by atoms with Gasteiger partial charge in [0.15, 0.2) is 0 Å². The molecule has 1 aromatic heterocycles. The second-order valence-corrected chi connectivity index (χ2v) is 15.7. The van der Waals surface area contributed by atoms with E-state index in [0.717, 1.165) is 36.6 Å². The van der Waals surface area contributed by atoms with E-state index in [9.17, 15) is 23.9 Å². The van der Waals surface area contributed by atoms with Gasteiger partial charge in [-0.15, -0.1) is 0 Å². The average Bonchev–Trinajstić information content (AvgIpc) is 3.41.